The van der Waals surface area contributed by atoms with Crippen molar-refractivity contribution in [1.29, 1.82) is 0 Å². The predicted molar refractivity (Wildman–Crippen MR) is 116 cm³/mol. The summed E-state index contributed by atoms with van der Waals surface area (Å²) in [4.78, 5) is 6.93. The number of anilines is 1. The standard InChI is InChI=1S/C21H36N4O4/c1-4-25(2)11-10-23-21(22-9-5-12-27-16-15-26-3)24-18-7-8-19-20(17-18)29-14-6-13-28-19/h7-8,17H,4-6,9-16H2,1-3H3,(H2,22,23,24). The largest absolute Gasteiger partial charge is 0.490 e. The van der Waals surface area contributed by atoms with E-state index in [0.29, 0.717) is 39.6 Å². The van der Waals surface area contributed by atoms with Crippen LogP contribution in [0.25, 0.3) is 0 Å². The zero-order chi connectivity index (χ0) is 20.7. The number of benzene rings is 1. The van der Waals surface area contributed by atoms with E-state index in [-0.39, 0.29) is 0 Å². The van der Waals surface area contributed by atoms with Gasteiger partial charge in [-0.3, -0.25) is 4.99 Å². The van der Waals surface area contributed by atoms with Crippen LogP contribution in [0, 0.1) is 0 Å². The highest BCUT2D eigenvalue weighted by Crippen LogP contribution is 2.32. The summed E-state index contributed by atoms with van der Waals surface area (Å²) in [5.74, 6) is 2.31. The molecule has 0 radical (unpaired) electrons. The van der Waals surface area contributed by atoms with Crippen LogP contribution >= 0.6 is 0 Å². The van der Waals surface area contributed by atoms with Crippen LogP contribution in [0.1, 0.15) is 19.8 Å². The topological polar surface area (TPSA) is 76.6 Å². The zero-order valence-corrected chi connectivity index (χ0v) is 18.0. The third-order valence-corrected chi connectivity index (χ3v) is 4.48. The first-order valence-corrected chi connectivity index (χ1v) is 10.4. The molecule has 2 rings (SSSR count). The predicted octanol–water partition coefficient (Wildman–Crippen LogP) is 2.21. The van der Waals surface area contributed by atoms with E-state index in [2.05, 4.69) is 34.5 Å². The number of aliphatic imine (C=N–C) groups is 1. The van der Waals surface area contributed by atoms with Gasteiger partial charge in [-0.1, -0.05) is 6.92 Å². The third kappa shape index (κ3) is 9.34. The number of likely N-dealkylation sites (N-methyl/N-ethyl adjacent to an activating group) is 1. The van der Waals surface area contributed by atoms with Crippen molar-refractivity contribution in [3.8, 4) is 11.5 Å². The summed E-state index contributed by atoms with van der Waals surface area (Å²) in [6, 6.07) is 5.88. The highest BCUT2D eigenvalue weighted by molar-refractivity contribution is 5.94. The number of nitrogens with zero attached hydrogens (tertiary/aromatic N) is 2. The van der Waals surface area contributed by atoms with Gasteiger partial charge in [0.15, 0.2) is 17.5 Å². The van der Waals surface area contributed by atoms with Crippen LogP contribution in [0.15, 0.2) is 23.2 Å². The molecule has 0 aliphatic carbocycles. The lowest BCUT2D eigenvalue weighted by Gasteiger charge is -2.17. The first-order valence-electron chi connectivity index (χ1n) is 10.4. The second-order valence-corrected chi connectivity index (χ2v) is 6.85. The Morgan fingerprint density at radius 1 is 1.17 bits per heavy atom. The molecule has 1 aromatic rings. The van der Waals surface area contributed by atoms with Gasteiger partial charge in [0.05, 0.1) is 26.4 Å². The van der Waals surface area contributed by atoms with E-state index >= 15 is 0 Å². The maximum Gasteiger partial charge on any atom is 0.195 e. The van der Waals surface area contributed by atoms with E-state index < -0.39 is 0 Å². The van der Waals surface area contributed by atoms with Crippen molar-refractivity contribution in [3.63, 3.8) is 0 Å². The molecule has 1 aliphatic rings. The molecule has 0 fully saturated rings. The molecule has 8 heteroatoms. The molecule has 0 saturated heterocycles. The van der Waals surface area contributed by atoms with Crippen molar-refractivity contribution in [1.82, 2.24) is 10.2 Å². The SMILES string of the molecule is CCN(C)CCNC(=NCCCOCCOC)Nc1ccc2c(c1)OCCCO2. The van der Waals surface area contributed by atoms with Crippen molar-refractivity contribution >= 4 is 11.6 Å². The number of methoxy groups -OCH3 is 1. The molecule has 29 heavy (non-hydrogen) atoms. The average Bonchev–Trinajstić information content (AvgIpc) is 2.97. The molecule has 0 saturated carbocycles. The van der Waals surface area contributed by atoms with E-state index in [4.69, 9.17) is 18.9 Å². The minimum Gasteiger partial charge on any atom is -0.490 e. The van der Waals surface area contributed by atoms with E-state index in [1.807, 2.05) is 18.2 Å². The van der Waals surface area contributed by atoms with Gasteiger partial charge in [0.1, 0.15) is 0 Å². The maximum atomic E-state index is 5.78. The normalized spacial score (nSPS) is 14.0. The van der Waals surface area contributed by atoms with Gasteiger partial charge in [0, 0.05) is 51.5 Å². The Hall–Kier alpha value is -2.03. The van der Waals surface area contributed by atoms with Crippen LogP contribution in [-0.2, 0) is 9.47 Å². The van der Waals surface area contributed by atoms with Crippen LogP contribution in [-0.4, -0.2) is 84.2 Å². The van der Waals surface area contributed by atoms with Crippen LogP contribution in [0.2, 0.25) is 0 Å². The number of rotatable bonds is 12. The molecular formula is C21H36N4O4. The van der Waals surface area contributed by atoms with Crippen LogP contribution < -0.4 is 20.1 Å². The Labute approximate surface area is 174 Å². The van der Waals surface area contributed by atoms with Gasteiger partial charge in [0.25, 0.3) is 0 Å². The van der Waals surface area contributed by atoms with Crippen molar-refractivity contribution < 1.29 is 18.9 Å². The molecule has 0 spiro atoms. The fraction of sp³-hybridized carbons (Fsp3) is 0.667. The van der Waals surface area contributed by atoms with Gasteiger partial charge in [-0.15, -0.1) is 0 Å². The molecule has 0 bridgehead atoms. The molecule has 0 aromatic heterocycles. The summed E-state index contributed by atoms with van der Waals surface area (Å²) in [6.45, 7) is 8.85. The number of fused-ring (bicyclic) bond motifs is 1. The monoisotopic (exact) mass is 408 g/mol. The zero-order valence-electron chi connectivity index (χ0n) is 18.0. The summed E-state index contributed by atoms with van der Waals surface area (Å²) < 4.78 is 22.0. The van der Waals surface area contributed by atoms with E-state index in [1.165, 1.54) is 0 Å². The molecule has 0 atom stereocenters. The minimum atomic E-state index is 0.615. The molecule has 2 N–H and O–H groups in total. The number of nitrogens with one attached hydrogen (secondary N) is 2. The lowest BCUT2D eigenvalue weighted by atomic mass is 10.2. The summed E-state index contributed by atoms with van der Waals surface area (Å²) in [7, 11) is 3.78. The second kappa shape index (κ2) is 14.0. The lowest BCUT2D eigenvalue weighted by Crippen LogP contribution is -2.37. The lowest BCUT2D eigenvalue weighted by molar-refractivity contribution is 0.0702. The Morgan fingerprint density at radius 2 is 2.00 bits per heavy atom. The van der Waals surface area contributed by atoms with Crippen LogP contribution in [0.4, 0.5) is 5.69 Å². The first-order chi connectivity index (χ1) is 14.2. The van der Waals surface area contributed by atoms with E-state index in [1.54, 1.807) is 7.11 Å². The molecule has 0 unspecified atom stereocenters. The third-order valence-electron chi connectivity index (χ3n) is 4.48. The first kappa shape index (κ1) is 23.3. The molecular weight excluding hydrogens is 372 g/mol. The molecule has 1 aromatic carbocycles. The quantitative estimate of drug-likeness (QED) is 0.312. The Bertz CT molecular complexity index is 612. The van der Waals surface area contributed by atoms with Gasteiger partial charge < -0.3 is 34.5 Å². The summed E-state index contributed by atoms with van der Waals surface area (Å²) in [6.07, 6.45) is 1.75. The smallest absolute Gasteiger partial charge is 0.195 e. The summed E-state index contributed by atoms with van der Waals surface area (Å²) in [5, 5.41) is 6.78. The fourth-order valence-electron chi connectivity index (χ4n) is 2.64. The number of hydrogen-bond donors (Lipinski definition) is 2. The number of ether oxygens (including phenoxy) is 4. The van der Waals surface area contributed by atoms with Crippen molar-refractivity contribution in [2.45, 2.75) is 19.8 Å². The minimum absolute atomic E-state index is 0.615. The number of hydrogen-bond acceptors (Lipinski definition) is 6. The van der Waals surface area contributed by atoms with Gasteiger partial charge in [0.2, 0.25) is 0 Å². The van der Waals surface area contributed by atoms with Crippen molar-refractivity contribution in [2.24, 2.45) is 4.99 Å². The van der Waals surface area contributed by atoms with Gasteiger partial charge in [-0.05, 0) is 32.1 Å². The van der Waals surface area contributed by atoms with Gasteiger partial charge in [-0.2, -0.15) is 0 Å². The average molecular weight is 409 g/mol. The Morgan fingerprint density at radius 3 is 2.79 bits per heavy atom. The molecule has 0 amide bonds. The van der Waals surface area contributed by atoms with Crippen molar-refractivity contribution in [2.75, 3.05) is 78.7 Å². The van der Waals surface area contributed by atoms with Crippen LogP contribution in [0.5, 0.6) is 11.5 Å². The van der Waals surface area contributed by atoms with E-state index in [9.17, 15) is 0 Å². The van der Waals surface area contributed by atoms with Gasteiger partial charge in [-0.25, -0.2) is 0 Å². The fourth-order valence-corrected chi connectivity index (χ4v) is 2.64. The van der Waals surface area contributed by atoms with Crippen LogP contribution in [0.3, 0.4) is 0 Å². The highest BCUT2D eigenvalue weighted by atomic mass is 16.5. The maximum absolute atomic E-state index is 5.78. The number of guanidine groups is 1. The molecule has 1 aliphatic heterocycles. The highest BCUT2D eigenvalue weighted by Gasteiger charge is 2.11. The molecule has 164 valence electrons. The van der Waals surface area contributed by atoms with Crippen molar-refractivity contribution in [3.05, 3.63) is 18.2 Å². The summed E-state index contributed by atoms with van der Waals surface area (Å²) >= 11 is 0. The summed E-state index contributed by atoms with van der Waals surface area (Å²) in [5.41, 5.74) is 0.917. The van der Waals surface area contributed by atoms with E-state index in [0.717, 1.165) is 55.6 Å². The van der Waals surface area contributed by atoms with Gasteiger partial charge >= 0.3 is 0 Å². The Balaban J connectivity index is 1.91. The Kier molecular flexibility index (Phi) is 11.3. The molecule has 1 heterocycles. The molecule has 8 nitrogen and oxygen atoms in total. The second-order valence-electron chi connectivity index (χ2n) is 6.85.